The smallest absolute Gasteiger partial charge is 0.317 e. The molecule has 1 fully saturated rings. The number of nitrogens with one attached hydrogen (secondary N) is 1. The van der Waals surface area contributed by atoms with Crippen LogP contribution in [-0.4, -0.2) is 23.1 Å². The molecule has 0 aliphatic heterocycles. The van der Waals surface area contributed by atoms with Crippen molar-refractivity contribution >= 4 is 10.8 Å². The van der Waals surface area contributed by atoms with Crippen molar-refractivity contribution in [2.45, 2.75) is 42.8 Å². The summed E-state index contributed by atoms with van der Waals surface area (Å²) in [6.45, 7) is 0. The van der Waals surface area contributed by atoms with E-state index in [1.807, 2.05) is 7.05 Å². The molecule has 1 aliphatic rings. The standard InChI is InChI=1S/C15H20F3NOS/c1-19-14-7-2-4-11(14)8-9-21(20)13-6-3-5-12(10-13)15(16,17)18/h3,5-6,10-11,14,19H,2,4,7-9H2,1H3. The van der Waals surface area contributed by atoms with E-state index >= 15 is 0 Å². The molecule has 1 aromatic rings. The Balaban J connectivity index is 1.97. The van der Waals surface area contributed by atoms with Crippen LogP contribution in [0.5, 0.6) is 0 Å². The molecule has 0 heterocycles. The molecule has 0 amide bonds. The highest BCUT2D eigenvalue weighted by molar-refractivity contribution is 7.85. The van der Waals surface area contributed by atoms with Gasteiger partial charge in [0.1, 0.15) is 0 Å². The van der Waals surface area contributed by atoms with Gasteiger partial charge in [-0.05, 0) is 50.4 Å². The van der Waals surface area contributed by atoms with Gasteiger partial charge in [0.05, 0.1) is 16.4 Å². The molecule has 1 aromatic carbocycles. The van der Waals surface area contributed by atoms with Crippen LogP contribution in [0.1, 0.15) is 31.2 Å². The summed E-state index contributed by atoms with van der Waals surface area (Å²) in [6, 6.07) is 5.29. The number of benzene rings is 1. The minimum atomic E-state index is -4.39. The van der Waals surface area contributed by atoms with E-state index in [-0.39, 0.29) is 4.90 Å². The van der Waals surface area contributed by atoms with Crippen LogP contribution < -0.4 is 5.32 Å². The second kappa shape index (κ2) is 6.92. The second-order valence-electron chi connectivity index (χ2n) is 5.45. The average molecular weight is 319 g/mol. The summed E-state index contributed by atoms with van der Waals surface area (Å²) in [5.74, 6) is 0.897. The van der Waals surface area contributed by atoms with Gasteiger partial charge in [-0.3, -0.25) is 4.21 Å². The van der Waals surface area contributed by atoms with E-state index in [1.54, 1.807) is 0 Å². The van der Waals surface area contributed by atoms with E-state index in [0.29, 0.717) is 17.7 Å². The van der Waals surface area contributed by atoms with Crippen molar-refractivity contribution in [3.8, 4) is 0 Å². The zero-order valence-corrected chi connectivity index (χ0v) is 12.8. The number of hydrogen-bond acceptors (Lipinski definition) is 2. The van der Waals surface area contributed by atoms with Crippen molar-refractivity contribution in [3.63, 3.8) is 0 Å². The van der Waals surface area contributed by atoms with Gasteiger partial charge < -0.3 is 5.32 Å². The topological polar surface area (TPSA) is 29.1 Å². The van der Waals surface area contributed by atoms with Gasteiger partial charge in [-0.1, -0.05) is 12.5 Å². The first kappa shape index (κ1) is 16.5. The zero-order chi connectivity index (χ0) is 15.5. The lowest BCUT2D eigenvalue weighted by Crippen LogP contribution is -2.29. The summed E-state index contributed by atoms with van der Waals surface area (Å²) in [5.41, 5.74) is -0.734. The van der Waals surface area contributed by atoms with Crippen LogP contribution in [0, 0.1) is 5.92 Å². The lowest BCUT2D eigenvalue weighted by molar-refractivity contribution is -0.137. The first-order chi connectivity index (χ1) is 9.91. The van der Waals surface area contributed by atoms with Crippen LogP contribution in [-0.2, 0) is 17.0 Å². The van der Waals surface area contributed by atoms with E-state index in [0.717, 1.165) is 37.8 Å². The summed E-state index contributed by atoms with van der Waals surface area (Å²) in [5, 5.41) is 3.26. The predicted octanol–water partition coefficient (Wildman–Crippen LogP) is 3.59. The molecule has 0 aromatic heterocycles. The number of alkyl halides is 3. The van der Waals surface area contributed by atoms with Gasteiger partial charge in [0.15, 0.2) is 0 Å². The highest BCUT2D eigenvalue weighted by Gasteiger charge is 2.31. The Kier molecular flexibility index (Phi) is 5.43. The van der Waals surface area contributed by atoms with Crippen LogP contribution in [0.3, 0.4) is 0 Å². The SMILES string of the molecule is CNC1CCCC1CCS(=O)c1cccc(C(F)(F)F)c1. The summed E-state index contributed by atoms with van der Waals surface area (Å²) >= 11 is 0. The van der Waals surface area contributed by atoms with E-state index in [1.165, 1.54) is 12.1 Å². The fraction of sp³-hybridized carbons (Fsp3) is 0.600. The quantitative estimate of drug-likeness (QED) is 0.898. The summed E-state index contributed by atoms with van der Waals surface area (Å²) < 4.78 is 50.2. The van der Waals surface area contributed by atoms with Crippen molar-refractivity contribution in [3.05, 3.63) is 29.8 Å². The molecule has 118 valence electrons. The van der Waals surface area contributed by atoms with Gasteiger partial charge in [-0.15, -0.1) is 0 Å². The summed E-state index contributed by atoms with van der Waals surface area (Å²) in [7, 11) is 0.554. The Labute approximate surface area is 125 Å². The fourth-order valence-electron chi connectivity index (χ4n) is 2.95. The van der Waals surface area contributed by atoms with Gasteiger partial charge in [0, 0.05) is 16.7 Å². The van der Waals surface area contributed by atoms with E-state index in [9.17, 15) is 17.4 Å². The van der Waals surface area contributed by atoms with E-state index in [4.69, 9.17) is 0 Å². The Morgan fingerprint density at radius 1 is 1.33 bits per heavy atom. The minimum Gasteiger partial charge on any atom is -0.317 e. The molecule has 0 bridgehead atoms. The zero-order valence-electron chi connectivity index (χ0n) is 12.0. The van der Waals surface area contributed by atoms with Gasteiger partial charge in [-0.25, -0.2) is 0 Å². The first-order valence-electron chi connectivity index (χ1n) is 7.14. The molecule has 2 rings (SSSR count). The first-order valence-corrected chi connectivity index (χ1v) is 8.46. The number of rotatable bonds is 5. The van der Waals surface area contributed by atoms with E-state index < -0.39 is 22.5 Å². The van der Waals surface area contributed by atoms with Crippen LogP contribution in [0.2, 0.25) is 0 Å². The van der Waals surface area contributed by atoms with Gasteiger partial charge in [-0.2, -0.15) is 13.2 Å². The predicted molar refractivity (Wildman–Crippen MR) is 77.5 cm³/mol. The maximum absolute atomic E-state index is 12.7. The third-order valence-corrected chi connectivity index (χ3v) is 5.51. The molecule has 1 N–H and O–H groups in total. The van der Waals surface area contributed by atoms with Gasteiger partial charge in [0.25, 0.3) is 0 Å². The normalized spacial score (nSPS) is 24.2. The molecule has 2 nitrogen and oxygen atoms in total. The molecular weight excluding hydrogens is 299 g/mol. The van der Waals surface area contributed by atoms with Crippen molar-refractivity contribution in [1.82, 2.24) is 5.32 Å². The second-order valence-corrected chi connectivity index (χ2v) is 7.02. The Morgan fingerprint density at radius 3 is 2.76 bits per heavy atom. The van der Waals surface area contributed by atoms with E-state index in [2.05, 4.69) is 5.32 Å². The molecule has 6 heteroatoms. The van der Waals surface area contributed by atoms with Crippen LogP contribution >= 0.6 is 0 Å². The summed E-state index contributed by atoms with van der Waals surface area (Å²) in [4.78, 5) is 0.267. The molecule has 0 saturated heterocycles. The highest BCUT2D eigenvalue weighted by atomic mass is 32.2. The van der Waals surface area contributed by atoms with Crippen LogP contribution in [0.15, 0.2) is 29.2 Å². The van der Waals surface area contributed by atoms with Crippen LogP contribution in [0.25, 0.3) is 0 Å². The molecule has 3 atom stereocenters. The fourth-order valence-corrected chi connectivity index (χ4v) is 4.19. The molecule has 21 heavy (non-hydrogen) atoms. The summed E-state index contributed by atoms with van der Waals surface area (Å²) in [6.07, 6.45) is -0.216. The van der Waals surface area contributed by atoms with Gasteiger partial charge in [0.2, 0.25) is 0 Å². The Bertz CT molecular complexity index is 504. The number of hydrogen-bond donors (Lipinski definition) is 1. The highest BCUT2D eigenvalue weighted by Crippen LogP contribution is 2.31. The minimum absolute atomic E-state index is 0.267. The molecule has 0 spiro atoms. The molecule has 1 aliphatic carbocycles. The third kappa shape index (κ3) is 4.30. The molecular formula is C15H20F3NOS. The molecule has 3 unspecified atom stereocenters. The maximum Gasteiger partial charge on any atom is 0.416 e. The maximum atomic E-state index is 12.7. The third-order valence-electron chi connectivity index (χ3n) is 4.13. The van der Waals surface area contributed by atoms with Crippen LogP contribution in [0.4, 0.5) is 13.2 Å². The van der Waals surface area contributed by atoms with Crippen molar-refractivity contribution < 1.29 is 17.4 Å². The van der Waals surface area contributed by atoms with Crippen molar-refractivity contribution in [2.75, 3.05) is 12.8 Å². The lowest BCUT2D eigenvalue weighted by atomic mass is 10.0. The van der Waals surface area contributed by atoms with Gasteiger partial charge >= 0.3 is 6.18 Å². The van der Waals surface area contributed by atoms with Crippen molar-refractivity contribution in [2.24, 2.45) is 5.92 Å². The Morgan fingerprint density at radius 2 is 2.10 bits per heavy atom. The monoisotopic (exact) mass is 319 g/mol. The lowest BCUT2D eigenvalue weighted by Gasteiger charge is -2.18. The molecule has 0 radical (unpaired) electrons. The van der Waals surface area contributed by atoms with Crippen molar-refractivity contribution in [1.29, 1.82) is 0 Å². The average Bonchev–Trinajstić information content (AvgIpc) is 2.91. The Hall–Kier alpha value is -0.880. The molecule has 1 saturated carbocycles. The largest absolute Gasteiger partial charge is 0.416 e. The number of halogens is 3.